The maximum absolute atomic E-state index is 13.4. The molecule has 44 heavy (non-hydrogen) atoms. The summed E-state index contributed by atoms with van der Waals surface area (Å²) in [6.07, 6.45) is -5.62. The van der Waals surface area contributed by atoms with Crippen LogP contribution in [-0.4, -0.2) is 75.7 Å². The zero-order chi connectivity index (χ0) is 31.7. The number of carbonyl (C=O) groups is 3. The molecule has 0 aromatic heterocycles. The molecule has 1 saturated heterocycles. The van der Waals surface area contributed by atoms with Crippen LogP contribution in [0.25, 0.3) is 0 Å². The number of rotatable bonds is 12. The quantitative estimate of drug-likeness (QED) is 0.0962. The van der Waals surface area contributed by atoms with Gasteiger partial charge in [-0.25, -0.2) is 14.4 Å². The Morgan fingerprint density at radius 2 is 1.18 bits per heavy atom. The van der Waals surface area contributed by atoms with E-state index in [2.05, 4.69) is 35.6 Å². The number of halogens is 1. The van der Waals surface area contributed by atoms with E-state index in [1.54, 1.807) is 84.9 Å². The lowest BCUT2D eigenvalue weighted by molar-refractivity contribution is -0.288. The molecule has 0 amide bonds. The van der Waals surface area contributed by atoms with E-state index >= 15 is 0 Å². The summed E-state index contributed by atoms with van der Waals surface area (Å²) in [6, 6.07) is 24.0. The summed E-state index contributed by atoms with van der Waals surface area (Å²) >= 11 is 3.46. The standard InChI is InChI=1S/C33H37BrO9Si/c1-38-25-17-15-24(16-18-25)32(37)41-27-26(21-34)40-33(39-19-20-44(2,3)4)29(43-31(36)23-13-9-6-10-14-23)28(27)42-30(35)22-11-7-5-8-12-22/h5-18,26-29,33H,19-21H2,1-4H3/t26-,27+,28+,29-,33-/m1/s1. The molecular formula is C33H37BrO9Si. The minimum absolute atomic E-state index is 0.209. The summed E-state index contributed by atoms with van der Waals surface area (Å²) in [6.45, 7) is 6.98. The highest BCUT2D eigenvalue weighted by molar-refractivity contribution is 9.09. The molecule has 0 spiro atoms. The van der Waals surface area contributed by atoms with Crippen LogP contribution in [0.3, 0.4) is 0 Å². The maximum Gasteiger partial charge on any atom is 0.338 e. The second kappa shape index (κ2) is 15.5. The topological polar surface area (TPSA) is 107 Å². The van der Waals surface area contributed by atoms with Gasteiger partial charge in [-0.3, -0.25) is 0 Å². The molecule has 0 N–H and O–H groups in total. The Kier molecular flexibility index (Phi) is 11.7. The van der Waals surface area contributed by atoms with Crippen molar-refractivity contribution in [2.45, 2.75) is 56.4 Å². The maximum atomic E-state index is 13.4. The zero-order valence-corrected chi connectivity index (χ0v) is 27.7. The highest BCUT2D eigenvalue weighted by Gasteiger charge is 2.53. The van der Waals surface area contributed by atoms with E-state index in [0.29, 0.717) is 12.4 Å². The van der Waals surface area contributed by atoms with Crippen molar-refractivity contribution in [3.05, 3.63) is 102 Å². The lowest BCUT2D eigenvalue weighted by Crippen LogP contribution is -2.62. The van der Waals surface area contributed by atoms with Crippen LogP contribution in [0.15, 0.2) is 84.9 Å². The second-order valence-electron chi connectivity index (χ2n) is 11.4. The SMILES string of the molecule is COc1ccc(C(=O)O[C@@H]2[C@H](OC(=O)c3ccccc3)[C@@H](OC(=O)c3ccccc3)[C@H](OCC[Si](C)(C)C)O[C@@H]2CBr)cc1. The molecule has 0 radical (unpaired) electrons. The van der Waals surface area contributed by atoms with Gasteiger partial charge in [0.05, 0.1) is 23.8 Å². The molecule has 0 bridgehead atoms. The average molecular weight is 686 g/mol. The minimum atomic E-state index is -1.50. The van der Waals surface area contributed by atoms with Gasteiger partial charge in [0.2, 0.25) is 0 Å². The smallest absolute Gasteiger partial charge is 0.338 e. The summed E-state index contributed by atoms with van der Waals surface area (Å²) in [4.78, 5) is 40.2. The highest BCUT2D eigenvalue weighted by atomic mass is 79.9. The number of methoxy groups -OCH3 is 1. The van der Waals surface area contributed by atoms with Crippen molar-refractivity contribution in [3.63, 3.8) is 0 Å². The molecule has 0 unspecified atom stereocenters. The molecule has 1 fully saturated rings. The van der Waals surface area contributed by atoms with Gasteiger partial charge < -0.3 is 28.4 Å². The first-order chi connectivity index (χ1) is 21.1. The average Bonchev–Trinajstić information content (AvgIpc) is 3.03. The Morgan fingerprint density at radius 1 is 0.705 bits per heavy atom. The molecule has 3 aromatic carbocycles. The van der Waals surface area contributed by atoms with E-state index in [4.69, 9.17) is 28.4 Å². The van der Waals surface area contributed by atoms with Gasteiger partial charge in [0.15, 0.2) is 24.6 Å². The summed E-state index contributed by atoms with van der Waals surface area (Å²) in [7, 11) is 0.0239. The molecule has 3 aromatic rings. The van der Waals surface area contributed by atoms with Crippen LogP contribution in [0.1, 0.15) is 31.1 Å². The first-order valence-corrected chi connectivity index (χ1v) is 19.1. The summed E-state index contributed by atoms with van der Waals surface area (Å²) < 4.78 is 35.7. The molecule has 9 nitrogen and oxygen atoms in total. The second-order valence-corrected chi connectivity index (χ2v) is 17.7. The molecular weight excluding hydrogens is 648 g/mol. The lowest BCUT2D eigenvalue weighted by Gasteiger charge is -2.44. The largest absolute Gasteiger partial charge is 0.497 e. The van der Waals surface area contributed by atoms with Crippen LogP contribution in [0.5, 0.6) is 5.75 Å². The monoisotopic (exact) mass is 684 g/mol. The zero-order valence-electron chi connectivity index (χ0n) is 25.1. The summed E-state index contributed by atoms with van der Waals surface area (Å²) in [5.74, 6) is -1.46. The lowest BCUT2D eigenvalue weighted by atomic mass is 9.98. The van der Waals surface area contributed by atoms with Crippen LogP contribution in [0, 0.1) is 0 Å². The van der Waals surface area contributed by atoms with Gasteiger partial charge >= 0.3 is 17.9 Å². The van der Waals surface area contributed by atoms with Gasteiger partial charge in [-0.05, 0) is 54.6 Å². The molecule has 1 aliphatic rings. The highest BCUT2D eigenvalue weighted by Crippen LogP contribution is 2.32. The van der Waals surface area contributed by atoms with Gasteiger partial charge in [-0.15, -0.1) is 0 Å². The number of benzene rings is 3. The van der Waals surface area contributed by atoms with Crippen molar-refractivity contribution in [2.24, 2.45) is 0 Å². The third-order valence-corrected chi connectivity index (χ3v) is 9.29. The number of esters is 3. The van der Waals surface area contributed by atoms with Crippen LogP contribution < -0.4 is 4.74 Å². The van der Waals surface area contributed by atoms with Crippen LogP contribution >= 0.6 is 15.9 Å². The normalized spacial score (nSPS) is 21.6. The number of hydrogen-bond acceptors (Lipinski definition) is 9. The number of ether oxygens (including phenoxy) is 6. The first kappa shape index (κ1) is 33.4. The molecule has 234 valence electrons. The third kappa shape index (κ3) is 9.01. The fraction of sp³-hybridized carbons (Fsp3) is 0.364. The molecule has 1 aliphatic heterocycles. The molecule has 0 aliphatic carbocycles. The van der Waals surface area contributed by atoms with Gasteiger partial charge in [-0.2, -0.15) is 0 Å². The molecule has 0 saturated carbocycles. The van der Waals surface area contributed by atoms with Crippen LogP contribution in [0.2, 0.25) is 25.7 Å². The number of alkyl halides is 1. The Hall–Kier alpha value is -3.51. The number of hydrogen-bond donors (Lipinski definition) is 0. The Labute approximate surface area is 266 Å². The van der Waals surface area contributed by atoms with Crippen LogP contribution in [-0.2, 0) is 23.7 Å². The third-order valence-electron chi connectivity index (χ3n) is 6.95. The molecule has 5 atom stereocenters. The predicted octanol–water partition coefficient (Wildman–Crippen LogP) is 6.15. The first-order valence-electron chi connectivity index (χ1n) is 14.3. The minimum Gasteiger partial charge on any atom is -0.497 e. The number of carbonyl (C=O) groups excluding carboxylic acids is 3. The fourth-order valence-electron chi connectivity index (χ4n) is 4.47. The van der Waals surface area contributed by atoms with E-state index in [9.17, 15) is 14.4 Å². The molecule has 11 heteroatoms. The Bertz CT molecular complexity index is 1380. The Morgan fingerprint density at radius 3 is 1.66 bits per heavy atom. The van der Waals surface area contributed by atoms with Crippen molar-refractivity contribution in [2.75, 3.05) is 19.0 Å². The van der Waals surface area contributed by atoms with E-state index < -0.39 is 56.7 Å². The summed E-state index contributed by atoms with van der Waals surface area (Å²) in [5, 5.41) is 0.209. The van der Waals surface area contributed by atoms with Gasteiger partial charge in [-0.1, -0.05) is 72.0 Å². The predicted molar refractivity (Wildman–Crippen MR) is 170 cm³/mol. The summed E-state index contributed by atoms with van der Waals surface area (Å²) in [5.41, 5.74) is 0.813. The Balaban J connectivity index is 1.71. The van der Waals surface area contributed by atoms with Crippen molar-refractivity contribution in [1.82, 2.24) is 0 Å². The molecule has 1 heterocycles. The fourth-order valence-corrected chi connectivity index (χ4v) is 5.72. The van der Waals surface area contributed by atoms with E-state index in [0.717, 1.165) is 6.04 Å². The van der Waals surface area contributed by atoms with Gasteiger partial charge in [0.25, 0.3) is 0 Å². The van der Waals surface area contributed by atoms with E-state index in [-0.39, 0.29) is 22.0 Å². The van der Waals surface area contributed by atoms with Crippen molar-refractivity contribution < 1.29 is 42.8 Å². The van der Waals surface area contributed by atoms with Crippen molar-refractivity contribution in [3.8, 4) is 5.75 Å². The van der Waals surface area contributed by atoms with Crippen LogP contribution in [0.4, 0.5) is 0 Å². The van der Waals surface area contributed by atoms with Gasteiger partial charge in [0.1, 0.15) is 11.9 Å². The van der Waals surface area contributed by atoms with Gasteiger partial charge in [0, 0.05) is 20.0 Å². The molecule has 4 rings (SSSR count). The van der Waals surface area contributed by atoms with E-state index in [1.807, 2.05) is 0 Å². The van der Waals surface area contributed by atoms with E-state index in [1.165, 1.54) is 7.11 Å². The van der Waals surface area contributed by atoms with Crippen molar-refractivity contribution in [1.29, 1.82) is 0 Å². The van der Waals surface area contributed by atoms with Crippen molar-refractivity contribution >= 4 is 41.9 Å².